The van der Waals surface area contributed by atoms with E-state index in [1.165, 1.54) is 54.6 Å². The van der Waals surface area contributed by atoms with Crippen LogP contribution in [0.15, 0.2) is 162 Å². The molecule has 1 heterocycles. The predicted octanol–water partition coefficient (Wildman–Crippen LogP) is 12.0. The quantitative estimate of drug-likeness (QED) is 0.201. The van der Waals surface area contributed by atoms with Crippen LogP contribution in [0.3, 0.4) is 0 Å². The van der Waals surface area contributed by atoms with Gasteiger partial charge >= 0.3 is 0 Å². The van der Waals surface area contributed by atoms with Crippen LogP contribution in [0.25, 0.3) is 87.6 Å². The van der Waals surface area contributed by atoms with Crippen molar-refractivity contribution >= 4 is 54.3 Å². The van der Waals surface area contributed by atoms with Crippen LogP contribution in [0.2, 0.25) is 0 Å². The van der Waals surface area contributed by atoms with Crippen LogP contribution in [-0.4, -0.2) is 0 Å². The van der Waals surface area contributed by atoms with E-state index in [1.807, 2.05) is 6.07 Å². The van der Waals surface area contributed by atoms with Crippen LogP contribution in [0, 0.1) is 0 Å². The molecule has 0 aliphatic carbocycles. The van der Waals surface area contributed by atoms with E-state index in [2.05, 4.69) is 152 Å². The van der Waals surface area contributed by atoms with Gasteiger partial charge in [-0.3, -0.25) is 0 Å². The van der Waals surface area contributed by atoms with Gasteiger partial charge in [-0.05, 0) is 96.0 Å². The first-order valence-electron chi connectivity index (χ1n) is 14.8. The maximum absolute atomic E-state index is 6.53. The molecule has 1 aromatic heterocycles. The Bertz CT molecular complexity index is 2440. The third kappa shape index (κ3) is 3.79. The third-order valence-corrected chi connectivity index (χ3v) is 8.84. The van der Waals surface area contributed by atoms with Gasteiger partial charge in [0, 0.05) is 10.8 Å². The fourth-order valence-corrected chi connectivity index (χ4v) is 6.84. The summed E-state index contributed by atoms with van der Waals surface area (Å²) in [7, 11) is 0. The fourth-order valence-electron chi connectivity index (χ4n) is 6.84. The van der Waals surface area contributed by atoms with Gasteiger partial charge in [0.1, 0.15) is 11.2 Å². The summed E-state index contributed by atoms with van der Waals surface area (Å²) in [5.74, 6) is 0. The first kappa shape index (κ1) is 24.0. The van der Waals surface area contributed by atoms with Crippen molar-refractivity contribution in [3.8, 4) is 33.4 Å². The number of fused-ring (bicyclic) bond motifs is 6. The van der Waals surface area contributed by atoms with E-state index in [1.54, 1.807) is 0 Å². The van der Waals surface area contributed by atoms with Crippen LogP contribution in [0.5, 0.6) is 0 Å². The van der Waals surface area contributed by atoms with E-state index in [4.69, 9.17) is 4.42 Å². The van der Waals surface area contributed by atoms with E-state index in [-0.39, 0.29) is 0 Å². The second-order valence-corrected chi connectivity index (χ2v) is 11.3. The Hall–Kier alpha value is -5.66. The molecule has 0 atom stereocenters. The average molecular weight is 547 g/mol. The Kier molecular flexibility index (Phi) is 5.27. The van der Waals surface area contributed by atoms with Gasteiger partial charge in [-0.2, -0.15) is 0 Å². The van der Waals surface area contributed by atoms with E-state index in [0.29, 0.717) is 0 Å². The van der Waals surface area contributed by atoms with Crippen LogP contribution < -0.4 is 0 Å². The lowest BCUT2D eigenvalue weighted by Crippen LogP contribution is -1.91. The van der Waals surface area contributed by atoms with Crippen molar-refractivity contribution in [2.45, 2.75) is 0 Å². The molecule has 1 heteroatoms. The molecule has 0 spiro atoms. The molecule has 1 nitrogen and oxygen atoms in total. The number of hydrogen-bond donors (Lipinski definition) is 0. The monoisotopic (exact) mass is 546 g/mol. The lowest BCUT2D eigenvalue weighted by molar-refractivity contribution is 0.669. The molecule has 9 aromatic rings. The number of furan rings is 1. The van der Waals surface area contributed by atoms with Gasteiger partial charge in [-0.1, -0.05) is 127 Å². The molecule has 200 valence electrons. The lowest BCUT2D eigenvalue weighted by atomic mass is 9.85. The smallest absolute Gasteiger partial charge is 0.136 e. The Balaban J connectivity index is 1.28. The molecule has 0 unspecified atom stereocenters. The molecule has 0 N–H and O–H groups in total. The molecule has 0 radical (unpaired) electrons. The molecule has 0 saturated carbocycles. The van der Waals surface area contributed by atoms with Gasteiger partial charge < -0.3 is 4.42 Å². The molecule has 9 rings (SSSR count). The summed E-state index contributed by atoms with van der Waals surface area (Å²) in [4.78, 5) is 0. The van der Waals surface area contributed by atoms with Crippen LogP contribution in [0.1, 0.15) is 0 Å². The Labute approximate surface area is 249 Å². The Morgan fingerprint density at radius 2 is 0.744 bits per heavy atom. The van der Waals surface area contributed by atoms with E-state index in [9.17, 15) is 0 Å². The molecule has 43 heavy (non-hydrogen) atoms. The van der Waals surface area contributed by atoms with E-state index >= 15 is 0 Å². The molecule has 0 bridgehead atoms. The second-order valence-electron chi connectivity index (χ2n) is 11.3. The summed E-state index contributed by atoms with van der Waals surface area (Å²) in [6.45, 7) is 0. The Morgan fingerprint density at radius 3 is 1.37 bits per heavy atom. The minimum atomic E-state index is 0.907. The summed E-state index contributed by atoms with van der Waals surface area (Å²) in [6, 6.07) is 56.8. The Morgan fingerprint density at radius 1 is 0.279 bits per heavy atom. The maximum Gasteiger partial charge on any atom is 0.136 e. The fraction of sp³-hybridized carbons (Fsp3) is 0. The number of benzene rings is 8. The van der Waals surface area contributed by atoms with E-state index < -0.39 is 0 Å². The second kappa shape index (κ2) is 9.44. The van der Waals surface area contributed by atoms with Crippen LogP contribution >= 0.6 is 0 Å². The highest BCUT2D eigenvalue weighted by atomic mass is 16.3. The van der Waals surface area contributed by atoms with Gasteiger partial charge in [0.15, 0.2) is 0 Å². The van der Waals surface area contributed by atoms with Crippen molar-refractivity contribution in [1.82, 2.24) is 0 Å². The molecule has 8 aromatic carbocycles. The standard InChI is InChI=1S/C42H26O/c1-2-10-27(11-3-1)30-20-22-33-34-23-21-32(26-40(34)43-39(33)25-30)42-37-16-8-6-14-35(37)41(36-15-7-9-17-38(36)42)31-19-18-28-12-4-5-13-29(28)24-31/h1-26H. The van der Waals surface area contributed by atoms with Crippen molar-refractivity contribution in [3.05, 3.63) is 158 Å². The maximum atomic E-state index is 6.53. The summed E-state index contributed by atoms with van der Waals surface area (Å²) < 4.78 is 6.53. The van der Waals surface area contributed by atoms with Gasteiger partial charge in [0.2, 0.25) is 0 Å². The largest absolute Gasteiger partial charge is 0.456 e. The predicted molar refractivity (Wildman–Crippen MR) is 183 cm³/mol. The normalized spacial score (nSPS) is 11.7. The highest BCUT2D eigenvalue weighted by molar-refractivity contribution is 6.22. The van der Waals surface area contributed by atoms with Gasteiger partial charge in [-0.15, -0.1) is 0 Å². The minimum Gasteiger partial charge on any atom is -0.456 e. The zero-order valence-corrected chi connectivity index (χ0v) is 23.4. The lowest BCUT2D eigenvalue weighted by Gasteiger charge is -2.18. The van der Waals surface area contributed by atoms with Gasteiger partial charge in [0.25, 0.3) is 0 Å². The summed E-state index contributed by atoms with van der Waals surface area (Å²) in [5, 5.41) is 9.78. The molecule has 0 fully saturated rings. The summed E-state index contributed by atoms with van der Waals surface area (Å²) in [6.07, 6.45) is 0. The van der Waals surface area contributed by atoms with Crippen molar-refractivity contribution < 1.29 is 4.42 Å². The summed E-state index contributed by atoms with van der Waals surface area (Å²) in [5.41, 5.74) is 9.08. The third-order valence-electron chi connectivity index (χ3n) is 8.84. The number of rotatable bonds is 3. The molecule has 0 saturated heterocycles. The number of hydrogen-bond acceptors (Lipinski definition) is 1. The zero-order valence-electron chi connectivity index (χ0n) is 23.4. The van der Waals surface area contributed by atoms with Crippen molar-refractivity contribution in [2.24, 2.45) is 0 Å². The summed E-state index contributed by atoms with van der Waals surface area (Å²) >= 11 is 0. The first-order valence-corrected chi connectivity index (χ1v) is 14.8. The zero-order chi connectivity index (χ0) is 28.3. The molecule has 0 aliphatic rings. The molecular formula is C42H26O. The van der Waals surface area contributed by atoms with Crippen molar-refractivity contribution in [2.75, 3.05) is 0 Å². The first-order chi connectivity index (χ1) is 21.3. The topological polar surface area (TPSA) is 13.1 Å². The highest BCUT2D eigenvalue weighted by Crippen LogP contribution is 2.45. The molecule has 0 amide bonds. The van der Waals surface area contributed by atoms with E-state index in [0.717, 1.165) is 33.1 Å². The van der Waals surface area contributed by atoms with Crippen molar-refractivity contribution in [1.29, 1.82) is 0 Å². The average Bonchev–Trinajstić information content (AvgIpc) is 3.44. The molecular weight excluding hydrogens is 520 g/mol. The van der Waals surface area contributed by atoms with Gasteiger partial charge in [0.05, 0.1) is 0 Å². The van der Waals surface area contributed by atoms with Crippen LogP contribution in [0.4, 0.5) is 0 Å². The van der Waals surface area contributed by atoms with Crippen LogP contribution in [-0.2, 0) is 0 Å². The highest BCUT2D eigenvalue weighted by Gasteiger charge is 2.18. The van der Waals surface area contributed by atoms with Crippen molar-refractivity contribution in [3.63, 3.8) is 0 Å². The molecule has 0 aliphatic heterocycles. The van der Waals surface area contributed by atoms with Gasteiger partial charge in [-0.25, -0.2) is 0 Å². The minimum absolute atomic E-state index is 0.907. The SMILES string of the molecule is c1ccc(-c2ccc3c(c2)oc2cc(-c4c5ccccc5c(-c5ccc6ccccc6c5)c5ccccc45)ccc23)cc1.